The van der Waals surface area contributed by atoms with Gasteiger partial charge in [0.25, 0.3) is 0 Å². The highest BCUT2D eigenvalue weighted by atomic mass is 16.1. The minimum Gasteiger partial charge on any atom is -0.341 e. The molecule has 0 fully saturated rings. The Morgan fingerprint density at radius 1 is 1.17 bits per heavy atom. The van der Waals surface area contributed by atoms with Crippen molar-refractivity contribution in [2.24, 2.45) is 7.05 Å². The molecule has 1 aromatic carbocycles. The van der Waals surface area contributed by atoms with Gasteiger partial charge < -0.3 is 4.57 Å². The molecule has 2 heterocycles. The van der Waals surface area contributed by atoms with Gasteiger partial charge in [0.05, 0.1) is 5.69 Å². The third kappa shape index (κ3) is 1.61. The fourth-order valence-electron chi connectivity index (χ4n) is 2.15. The molecule has 0 aliphatic heterocycles. The van der Waals surface area contributed by atoms with Gasteiger partial charge in [-0.2, -0.15) is 0 Å². The van der Waals surface area contributed by atoms with E-state index in [0.717, 1.165) is 10.9 Å². The molecule has 0 radical (unpaired) electrons. The second-order valence-corrected chi connectivity index (χ2v) is 4.22. The van der Waals surface area contributed by atoms with E-state index in [4.69, 9.17) is 0 Å². The number of benzene rings is 1. The van der Waals surface area contributed by atoms with Crippen LogP contribution in [0.4, 0.5) is 0 Å². The second-order valence-electron chi connectivity index (χ2n) is 4.22. The van der Waals surface area contributed by atoms with Crippen molar-refractivity contribution in [3.8, 4) is 0 Å². The van der Waals surface area contributed by atoms with E-state index in [9.17, 15) is 4.79 Å². The molecule has 0 saturated heterocycles. The molecule has 0 unspecified atom stereocenters. The summed E-state index contributed by atoms with van der Waals surface area (Å²) >= 11 is 0. The lowest BCUT2D eigenvalue weighted by Crippen LogP contribution is -2.07. The van der Waals surface area contributed by atoms with E-state index >= 15 is 0 Å². The van der Waals surface area contributed by atoms with Gasteiger partial charge in [-0.1, -0.05) is 18.2 Å². The fraction of sp³-hybridized carbons (Fsp3) is 0.0667. The van der Waals surface area contributed by atoms with Gasteiger partial charge in [0.15, 0.2) is 0 Å². The summed E-state index contributed by atoms with van der Waals surface area (Å²) in [5, 5.41) is 1.08. The van der Waals surface area contributed by atoms with Crippen molar-refractivity contribution in [2.45, 2.75) is 0 Å². The molecule has 0 aliphatic rings. The lowest BCUT2D eigenvalue weighted by molar-refractivity contribution is 0.103. The predicted molar refractivity (Wildman–Crippen MR) is 70.6 cm³/mol. The topological polar surface area (TPSA) is 34.9 Å². The number of para-hydroxylation sites is 1. The predicted octanol–water partition coefficient (Wildman–Crippen LogP) is 2.80. The summed E-state index contributed by atoms with van der Waals surface area (Å²) in [6, 6.07) is 13.4. The lowest BCUT2D eigenvalue weighted by atomic mass is 10.1. The second kappa shape index (κ2) is 4.11. The number of aromatic nitrogens is 2. The van der Waals surface area contributed by atoms with Crippen LogP contribution in [0.5, 0.6) is 0 Å². The number of carbonyl (C=O) groups is 1. The Morgan fingerprint density at radius 2 is 2.00 bits per heavy atom. The molecule has 18 heavy (non-hydrogen) atoms. The van der Waals surface area contributed by atoms with Gasteiger partial charge in [-0.15, -0.1) is 0 Å². The van der Waals surface area contributed by atoms with Gasteiger partial charge in [-0.3, -0.25) is 9.78 Å². The first-order valence-electron chi connectivity index (χ1n) is 5.76. The van der Waals surface area contributed by atoms with Crippen LogP contribution >= 0.6 is 0 Å². The molecule has 0 atom stereocenters. The van der Waals surface area contributed by atoms with E-state index in [0.29, 0.717) is 11.3 Å². The third-order valence-electron chi connectivity index (χ3n) is 3.11. The first-order valence-corrected chi connectivity index (χ1v) is 5.76. The van der Waals surface area contributed by atoms with Crippen LogP contribution in [0.2, 0.25) is 0 Å². The molecule has 0 amide bonds. The molecule has 3 aromatic rings. The molecule has 88 valence electrons. The maximum atomic E-state index is 12.4. The lowest BCUT2D eigenvalue weighted by Gasteiger charge is -2.02. The Balaban J connectivity index is 2.15. The van der Waals surface area contributed by atoms with Crippen LogP contribution in [-0.4, -0.2) is 15.3 Å². The monoisotopic (exact) mass is 236 g/mol. The minimum atomic E-state index is 0.00167. The number of ketones is 1. The summed E-state index contributed by atoms with van der Waals surface area (Å²) in [6.45, 7) is 0. The maximum absolute atomic E-state index is 12.4. The van der Waals surface area contributed by atoms with Crippen molar-refractivity contribution in [1.29, 1.82) is 0 Å². The zero-order valence-electron chi connectivity index (χ0n) is 10.00. The van der Waals surface area contributed by atoms with Crippen LogP contribution in [0.25, 0.3) is 10.9 Å². The van der Waals surface area contributed by atoms with Crippen molar-refractivity contribution in [3.63, 3.8) is 0 Å². The molecule has 2 aromatic heterocycles. The molecule has 3 heteroatoms. The SMILES string of the molecule is Cn1c(C(=O)c2cccnc2)cc2ccccc21. The Morgan fingerprint density at radius 3 is 2.72 bits per heavy atom. The average Bonchev–Trinajstić information content (AvgIpc) is 2.77. The van der Waals surface area contributed by atoms with Crippen LogP contribution in [0.3, 0.4) is 0 Å². The first-order chi connectivity index (χ1) is 8.77. The highest BCUT2D eigenvalue weighted by Crippen LogP contribution is 2.20. The quantitative estimate of drug-likeness (QED) is 0.641. The molecule has 0 bridgehead atoms. The third-order valence-corrected chi connectivity index (χ3v) is 3.11. The molecule has 0 aliphatic carbocycles. The van der Waals surface area contributed by atoms with E-state index in [2.05, 4.69) is 4.98 Å². The summed E-state index contributed by atoms with van der Waals surface area (Å²) in [5.41, 5.74) is 2.36. The number of fused-ring (bicyclic) bond motifs is 1. The van der Waals surface area contributed by atoms with E-state index in [1.54, 1.807) is 24.5 Å². The highest BCUT2D eigenvalue weighted by molar-refractivity contribution is 6.10. The van der Waals surface area contributed by atoms with Crippen LogP contribution in [0, 0.1) is 0 Å². The van der Waals surface area contributed by atoms with Crippen molar-refractivity contribution in [1.82, 2.24) is 9.55 Å². The molecule has 3 rings (SSSR count). The molecule has 0 saturated carbocycles. The van der Waals surface area contributed by atoms with Gasteiger partial charge in [-0.05, 0) is 24.3 Å². The number of pyridine rings is 1. The summed E-state index contributed by atoms with van der Waals surface area (Å²) in [7, 11) is 1.91. The van der Waals surface area contributed by atoms with Gasteiger partial charge in [0.1, 0.15) is 0 Å². The number of carbonyl (C=O) groups excluding carboxylic acids is 1. The summed E-state index contributed by atoms with van der Waals surface area (Å²) in [5.74, 6) is 0.00167. The Kier molecular flexibility index (Phi) is 2.45. The Labute approximate surface area is 105 Å². The van der Waals surface area contributed by atoms with Gasteiger partial charge in [0, 0.05) is 35.9 Å². The Bertz CT molecular complexity index is 714. The molecule has 3 nitrogen and oxygen atoms in total. The number of nitrogens with zero attached hydrogens (tertiary/aromatic N) is 2. The van der Waals surface area contributed by atoms with Crippen LogP contribution < -0.4 is 0 Å². The molecule has 0 spiro atoms. The van der Waals surface area contributed by atoms with Crippen molar-refractivity contribution in [2.75, 3.05) is 0 Å². The van der Waals surface area contributed by atoms with Gasteiger partial charge >= 0.3 is 0 Å². The smallest absolute Gasteiger partial charge is 0.210 e. The minimum absolute atomic E-state index is 0.00167. The molecular weight excluding hydrogens is 224 g/mol. The van der Waals surface area contributed by atoms with Crippen molar-refractivity contribution >= 4 is 16.7 Å². The number of aryl methyl sites for hydroxylation is 1. The molecule has 0 N–H and O–H groups in total. The van der Waals surface area contributed by atoms with Crippen LogP contribution in [0.1, 0.15) is 16.1 Å². The number of hydrogen-bond donors (Lipinski definition) is 0. The van der Waals surface area contributed by atoms with E-state index in [1.807, 2.05) is 41.9 Å². The standard InChI is InChI=1S/C15H12N2O/c1-17-13-7-3-2-5-11(13)9-14(17)15(18)12-6-4-8-16-10-12/h2-10H,1H3. The normalized spacial score (nSPS) is 10.7. The Hall–Kier alpha value is -2.42. The fourth-order valence-corrected chi connectivity index (χ4v) is 2.15. The van der Waals surface area contributed by atoms with E-state index < -0.39 is 0 Å². The van der Waals surface area contributed by atoms with Gasteiger partial charge in [0.2, 0.25) is 5.78 Å². The van der Waals surface area contributed by atoms with Crippen molar-refractivity contribution < 1.29 is 4.79 Å². The summed E-state index contributed by atoms with van der Waals surface area (Å²) < 4.78 is 1.92. The maximum Gasteiger partial charge on any atom is 0.210 e. The van der Waals surface area contributed by atoms with Crippen LogP contribution in [0.15, 0.2) is 54.9 Å². The van der Waals surface area contributed by atoms with Crippen LogP contribution in [-0.2, 0) is 7.05 Å². The van der Waals surface area contributed by atoms with Gasteiger partial charge in [-0.25, -0.2) is 0 Å². The number of rotatable bonds is 2. The zero-order chi connectivity index (χ0) is 12.5. The number of hydrogen-bond acceptors (Lipinski definition) is 2. The highest BCUT2D eigenvalue weighted by Gasteiger charge is 2.14. The van der Waals surface area contributed by atoms with Crippen molar-refractivity contribution in [3.05, 3.63) is 66.1 Å². The zero-order valence-corrected chi connectivity index (χ0v) is 10.00. The summed E-state index contributed by atoms with van der Waals surface area (Å²) in [6.07, 6.45) is 3.26. The first kappa shape index (κ1) is 10.7. The summed E-state index contributed by atoms with van der Waals surface area (Å²) in [4.78, 5) is 16.4. The molecular formula is C15H12N2O. The largest absolute Gasteiger partial charge is 0.341 e. The average molecular weight is 236 g/mol. The van der Waals surface area contributed by atoms with E-state index in [1.165, 1.54) is 0 Å². The van der Waals surface area contributed by atoms with E-state index in [-0.39, 0.29) is 5.78 Å².